The number of rotatable bonds is 6. The van der Waals surface area contributed by atoms with Crippen LogP contribution in [0.15, 0.2) is 24.3 Å². The minimum Gasteiger partial charge on any atom is -0.369 e. The zero-order valence-electron chi connectivity index (χ0n) is 15.7. The summed E-state index contributed by atoms with van der Waals surface area (Å²) in [6.45, 7) is 5.72. The van der Waals surface area contributed by atoms with Crippen molar-refractivity contribution in [2.45, 2.75) is 44.6 Å². The van der Waals surface area contributed by atoms with Gasteiger partial charge in [0.15, 0.2) is 0 Å². The number of hydrogen-bond acceptors (Lipinski definition) is 4. The third kappa shape index (κ3) is 4.57. The molecule has 0 aromatic heterocycles. The summed E-state index contributed by atoms with van der Waals surface area (Å²) in [5.74, 6) is 1.41. The van der Waals surface area contributed by atoms with Crippen LogP contribution in [0.1, 0.15) is 38.5 Å². The molecule has 0 spiro atoms. The highest BCUT2D eigenvalue weighted by atomic mass is 16.1. The van der Waals surface area contributed by atoms with Crippen LogP contribution in [-0.2, 0) is 4.79 Å². The fraction of sp³-hybridized carbons (Fsp3) is 0.667. The lowest BCUT2D eigenvalue weighted by molar-refractivity contribution is -0.117. The zero-order valence-corrected chi connectivity index (χ0v) is 15.7. The van der Waals surface area contributed by atoms with Crippen molar-refractivity contribution < 1.29 is 4.79 Å². The first-order valence-corrected chi connectivity index (χ1v) is 10.3. The molecule has 142 valence electrons. The number of anilines is 2. The van der Waals surface area contributed by atoms with E-state index >= 15 is 0 Å². The predicted molar refractivity (Wildman–Crippen MR) is 106 cm³/mol. The summed E-state index contributed by atoms with van der Waals surface area (Å²) in [6, 6.07) is 8.49. The van der Waals surface area contributed by atoms with E-state index in [9.17, 15) is 4.79 Å². The van der Waals surface area contributed by atoms with Crippen molar-refractivity contribution in [1.82, 2.24) is 4.90 Å². The van der Waals surface area contributed by atoms with E-state index in [0.717, 1.165) is 57.0 Å². The van der Waals surface area contributed by atoms with Crippen molar-refractivity contribution in [2.75, 3.05) is 42.9 Å². The van der Waals surface area contributed by atoms with Crippen LogP contribution in [0.5, 0.6) is 0 Å². The first kappa shape index (κ1) is 17.8. The third-order valence-corrected chi connectivity index (χ3v) is 6.25. The molecule has 0 unspecified atom stereocenters. The number of nitrogens with two attached hydrogens (primary N) is 1. The molecule has 4 rings (SSSR count). The van der Waals surface area contributed by atoms with Crippen LogP contribution in [0.4, 0.5) is 11.4 Å². The highest BCUT2D eigenvalue weighted by molar-refractivity contribution is 5.91. The molecule has 1 heterocycles. The van der Waals surface area contributed by atoms with Gasteiger partial charge in [-0.3, -0.25) is 9.69 Å². The van der Waals surface area contributed by atoms with Gasteiger partial charge in [0.25, 0.3) is 0 Å². The van der Waals surface area contributed by atoms with E-state index in [2.05, 4.69) is 27.2 Å². The van der Waals surface area contributed by atoms with Crippen LogP contribution < -0.4 is 16.0 Å². The number of carbonyl (C=O) groups excluding carboxylic acids is 1. The van der Waals surface area contributed by atoms with E-state index in [-0.39, 0.29) is 11.9 Å². The maximum Gasteiger partial charge on any atom is 0.224 e. The first-order chi connectivity index (χ1) is 12.7. The summed E-state index contributed by atoms with van der Waals surface area (Å²) < 4.78 is 0. The Morgan fingerprint density at radius 1 is 1.12 bits per heavy atom. The molecule has 3 aliphatic rings. The fourth-order valence-corrected chi connectivity index (χ4v) is 4.40. The normalized spacial score (nSPS) is 26.9. The van der Waals surface area contributed by atoms with Gasteiger partial charge in [-0.2, -0.15) is 0 Å². The number of nitrogens with zero attached hydrogens (tertiary/aromatic N) is 2. The highest BCUT2D eigenvalue weighted by Gasteiger charge is 2.27. The van der Waals surface area contributed by atoms with E-state index in [1.165, 1.54) is 25.1 Å². The molecule has 0 radical (unpaired) electrons. The average Bonchev–Trinajstić information content (AvgIpc) is 3.37. The van der Waals surface area contributed by atoms with Gasteiger partial charge in [0.1, 0.15) is 0 Å². The van der Waals surface area contributed by atoms with Gasteiger partial charge < -0.3 is 16.0 Å². The Labute approximate surface area is 156 Å². The van der Waals surface area contributed by atoms with E-state index in [0.29, 0.717) is 12.3 Å². The molecule has 5 heteroatoms. The number of carbonyl (C=O) groups is 1. The molecular formula is C21H32N4O. The van der Waals surface area contributed by atoms with Gasteiger partial charge in [0.05, 0.1) is 0 Å². The molecule has 2 atom stereocenters. The largest absolute Gasteiger partial charge is 0.369 e. The Hall–Kier alpha value is -1.59. The van der Waals surface area contributed by atoms with Crippen molar-refractivity contribution >= 4 is 17.3 Å². The molecule has 1 aromatic carbocycles. The van der Waals surface area contributed by atoms with E-state index in [4.69, 9.17) is 5.73 Å². The van der Waals surface area contributed by atoms with Gasteiger partial charge in [-0.25, -0.2) is 0 Å². The molecule has 3 fully saturated rings. The molecule has 2 saturated carbocycles. The third-order valence-electron chi connectivity index (χ3n) is 6.25. The molecule has 3 N–H and O–H groups in total. The second-order valence-corrected chi connectivity index (χ2v) is 8.39. The van der Waals surface area contributed by atoms with E-state index < -0.39 is 0 Å². The monoisotopic (exact) mass is 356 g/mol. The number of hydrogen-bond donors (Lipinski definition) is 2. The van der Waals surface area contributed by atoms with Crippen LogP contribution in [-0.4, -0.2) is 49.6 Å². The number of nitrogens with one attached hydrogen (secondary N) is 1. The maximum absolute atomic E-state index is 12.4. The lowest BCUT2D eigenvalue weighted by Gasteiger charge is -2.36. The SMILES string of the molecule is N[C@@H]1CCC[C@H]1CC(=O)Nc1cccc(N2CCN(CC3CC3)CC2)c1. The molecule has 2 aliphatic carbocycles. The van der Waals surface area contributed by atoms with Gasteiger partial charge in [-0.05, 0) is 55.7 Å². The van der Waals surface area contributed by atoms with Crippen LogP contribution in [0.2, 0.25) is 0 Å². The van der Waals surface area contributed by atoms with Gasteiger partial charge >= 0.3 is 0 Å². The molecule has 1 aromatic rings. The highest BCUT2D eigenvalue weighted by Crippen LogP contribution is 2.30. The molecular weight excluding hydrogens is 324 g/mol. The standard InChI is InChI=1S/C21H32N4O/c22-20-6-1-3-17(20)13-21(26)23-18-4-2-5-19(14-18)25-11-9-24(10-12-25)15-16-7-8-16/h2,4-5,14,16-17,20H,1,3,6-13,15,22H2,(H,23,26)/t17-,20+/m0/s1. The number of piperazine rings is 1. The molecule has 0 bridgehead atoms. The smallest absolute Gasteiger partial charge is 0.224 e. The second-order valence-electron chi connectivity index (χ2n) is 8.39. The summed E-state index contributed by atoms with van der Waals surface area (Å²) >= 11 is 0. The first-order valence-electron chi connectivity index (χ1n) is 10.3. The Kier molecular flexibility index (Phi) is 5.46. The van der Waals surface area contributed by atoms with Gasteiger partial charge in [0.2, 0.25) is 5.91 Å². The van der Waals surface area contributed by atoms with Crippen LogP contribution in [0.25, 0.3) is 0 Å². The van der Waals surface area contributed by atoms with Crippen LogP contribution in [0.3, 0.4) is 0 Å². The number of benzene rings is 1. The molecule has 26 heavy (non-hydrogen) atoms. The second kappa shape index (κ2) is 7.97. The van der Waals surface area contributed by atoms with Gasteiger partial charge in [-0.15, -0.1) is 0 Å². The Morgan fingerprint density at radius 2 is 1.92 bits per heavy atom. The molecule has 5 nitrogen and oxygen atoms in total. The van der Waals surface area contributed by atoms with Gasteiger partial charge in [0, 0.05) is 56.6 Å². The summed E-state index contributed by atoms with van der Waals surface area (Å²) in [5.41, 5.74) is 8.21. The molecule has 1 amide bonds. The minimum absolute atomic E-state index is 0.0961. The summed E-state index contributed by atoms with van der Waals surface area (Å²) in [7, 11) is 0. The number of amides is 1. The Bertz CT molecular complexity index is 622. The minimum atomic E-state index is 0.0961. The fourth-order valence-electron chi connectivity index (χ4n) is 4.40. The summed E-state index contributed by atoms with van der Waals surface area (Å²) in [6.07, 6.45) is 6.69. The van der Waals surface area contributed by atoms with Crippen molar-refractivity contribution in [1.29, 1.82) is 0 Å². The quantitative estimate of drug-likeness (QED) is 0.823. The summed E-state index contributed by atoms with van der Waals surface area (Å²) in [4.78, 5) is 17.4. The topological polar surface area (TPSA) is 61.6 Å². The lowest BCUT2D eigenvalue weighted by atomic mass is 10.00. The van der Waals surface area contributed by atoms with Crippen molar-refractivity contribution in [2.24, 2.45) is 17.6 Å². The maximum atomic E-state index is 12.4. The average molecular weight is 357 g/mol. The lowest BCUT2D eigenvalue weighted by Crippen LogP contribution is -2.47. The molecule has 1 saturated heterocycles. The summed E-state index contributed by atoms with van der Waals surface area (Å²) in [5, 5.41) is 3.08. The molecule has 1 aliphatic heterocycles. The van der Waals surface area contributed by atoms with Crippen molar-refractivity contribution in [3.63, 3.8) is 0 Å². The van der Waals surface area contributed by atoms with Crippen molar-refractivity contribution in [3.05, 3.63) is 24.3 Å². The van der Waals surface area contributed by atoms with Crippen LogP contribution in [0, 0.1) is 11.8 Å². The Morgan fingerprint density at radius 3 is 2.62 bits per heavy atom. The van der Waals surface area contributed by atoms with Gasteiger partial charge in [-0.1, -0.05) is 12.5 Å². The Balaban J connectivity index is 1.29. The van der Waals surface area contributed by atoms with E-state index in [1.807, 2.05) is 12.1 Å². The van der Waals surface area contributed by atoms with Crippen molar-refractivity contribution in [3.8, 4) is 0 Å². The van der Waals surface area contributed by atoms with Crippen LogP contribution >= 0.6 is 0 Å². The van der Waals surface area contributed by atoms with E-state index in [1.54, 1.807) is 0 Å². The predicted octanol–water partition coefficient (Wildman–Crippen LogP) is 2.67. The zero-order chi connectivity index (χ0) is 17.9.